The minimum absolute atomic E-state index is 0.0312. The monoisotopic (exact) mass is 433 g/mol. The quantitative estimate of drug-likeness (QED) is 0.521. The molecule has 10 heteroatoms. The van der Waals surface area contributed by atoms with Crippen molar-refractivity contribution in [2.75, 3.05) is 12.9 Å². The number of amides is 1. The van der Waals surface area contributed by atoms with Crippen LogP contribution in [0.25, 0.3) is 10.9 Å². The molecule has 3 aromatic rings. The first-order valence-corrected chi connectivity index (χ1v) is 11.0. The van der Waals surface area contributed by atoms with Crippen molar-refractivity contribution in [3.8, 4) is 0 Å². The number of nitrogens with zero attached hydrogens (tertiary/aromatic N) is 2. The Balaban J connectivity index is 1.74. The van der Waals surface area contributed by atoms with Crippen molar-refractivity contribution in [3.63, 3.8) is 0 Å². The maximum absolute atomic E-state index is 12.2. The Bertz CT molecular complexity index is 1110. The Hall–Kier alpha value is -2.95. The highest BCUT2D eigenvalue weighted by molar-refractivity contribution is 7.85. The van der Waals surface area contributed by atoms with Crippen LogP contribution < -0.4 is 5.32 Å². The summed E-state index contributed by atoms with van der Waals surface area (Å²) in [7, 11) is -2.01. The molecule has 2 unspecified atom stereocenters. The first-order valence-electron chi connectivity index (χ1n) is 9.14. The molecule has 160 valence electrons. The SMILES string of the molecule is Cn1ncc2ccc(C(O)C(COS(C)(=O)=O)NC(=O)OCc3ccccc3)cc21. The van der Waals surface area contributed by atoms with Crippen molar-refractivity contribution in [3.05, 3.63) is 65.9 Å². The second-order valence-electron chi connectivity index (χ2n) is 6.83. The van der Waals surface area contributed by atoms with Gasteiger partial charge in [-0.1, -0.05) is 42.5 Å². The van der Waals surface area contributed by atoms with E-state index in [1.807, 2.05) is 18.2 Å². The molecule has 0 radical (unpaired) electrons. The summed E-state index contributed by atoms with van der Waals surface area (Å²) in [5.41, 5.74) is 2.04. The summed E-state index contributed by atoms with van der Waals surface area (Å²) in [6, 6.07) is 13.2. The highest BCUT2D eigenvalue weighted by atomic mass is 32.2. The number of nitrogens with one attached hydrogen (secondary N) is 1. The van der Waals surface area contributed by atoms with E-state index in [4.69, 9.17) is 8.92 Å². The lowest BCUT2D eigenvalue weighted by atomic mass is 10.0. The van der Waals surface area contributed by atoms with E-state index in [0.29, 0.717) is 5.56 Å². The fourth-order valence-electron chi connectivity index (χ4n) is 2.90. The van der Waals surface area contributed by atoms with Crippen molar-refractivity contribution < 1.29 is 27.2 Å². The molecule has 0 fully saturated rings. The maximum atomic E-state index is 12.2. The van der Waals surface area contributed by atoms with E-state index in [9.17, 15) is 18.3 Å². The van der Waals surface area contributed by atoms with Crippen LogP contribution in [0.2, 0.25) is 0 Å². The Morgan fingerprint density at radius 2 is 1.97 bits per heavy atom. The van der Waals surface area contributed by atoms with E-state index >= 15 is 0 Å². The maximum Gasteiger partial charge on any atom is 0.407 e. The highest BCUT2D eigenvalue weighted by Gasteiger charge is 2.26. The van der Waals surface area contributed by atoms with Crippen molar-refractivity contribution >= 4 is 27.1 Å². The summed E-state index contributed by atoms with van der Waals surface area (Å²) in [5, 5.41) is 18.4. The Morgan fingerprint density at radius 3 is 2.67 bits per heavy atom. The summed E-state index contributed by atoms with van der Waals surface area (Å²) in [5.74, 6) is 0. The van der Waals surface area contributed by atoms with E-state index in [2.05, 4.69) is 10.4 Å². The van der Waals surface area contributed by atoms with Crippen LogP contribution in [0.5, 0.6) is 0 Å². The van der Waals surface area contributed by atoms with Crippen molar-refractivity contribution in [2.45, 2.75) is 18.8 Å². The smallest absolute Gasteiger partial charge is 0.407 e. The number of ether oxygens (including phenoxy) is 1. The van der Waals surface area contributed by atoms with Gasteiger partial charge in [0.25, 0.3) is 10.1 Å². The van der Waals surface area contributed by atoms with Crippen LogP contribution in [-0.4, -0.2) is 48.3 Å². The lowest BCUT2D eigenvalue weighted by Crippen LogP contribution is -2.43. The molecule has 1 amide bonds. The molecule has 3 rings (SSSR count). The molecule has 30 heavy (non-hydrogen) atoms. The minimum Gasteiger partial charge on any atom is -0.445 e. The second-order valence-corrected chi connectivity index (χ2v) is 8.48. The number of aliphatic hydroxyl groups excluding tert-OH is 1. The predicted octanol–water partition coefficient (Wildman–Crippen LogP) is 1.88. The summed E-state index contributed by atoms with van der Waals surface area (Å²) in [6.45, 7) is -0.423. The molecule has 1 aromatic heterocycles. The van der Waals surface area contributed by atoms with Crippen molar-refractivity contribution in [2.24, 2.45) is 7.05 Å². The summed E-state index contributed by atoms with van der Waals surface area (Å²) < 4.78 is 34.5. The number of alkyl carbamates (subject to hydrolysis) is 1. The van der Waals surface area contributed by atoms with E-state index < -0.39 is 35.0 Å². The number of fused-ring (bicyclic) bond motifs is 1. The molecule has 0 saturated carbocycles. The normalized spacial score (nSPS) is 13.7. The zero-order valence-electron chi connectivity index (χ0n) is 16.6. The van der Waals surface area contributed by atoms with Crippen LogP contribution in [0, 0.1) is 0 Å². The zero-order chi connectivity index (χ0) is 21.7. The lowest BCUT2D eigenvalue weighted by molar-refractivity contribution is 0.0829. The van der Waals surface area contributed by atoms with Gasteiger partial charge in [-0.05, 0) is 17.2 Å². The number of aliphatic hydroxyl groups is 1. The first-order chi connectivity index (χ1) is 14.2. The van der Waals surface area contributed by atoms with Gasteiger partial charge >= 0.3 is 6.09 Å². The van der Waals surface area contributed by atoms with E-state index in [1.165, 1.54) is 0 Å². The molecular formula is C20H23N3O6S. The van der Waals surface area contributed by atoms with Crippen LogP contribution in [0.3, 0.4) is 0 Å². The topological polar surface area (TPSA) is 120 Å². The van der Waals surface area contributed by atoms with Gasteiger partial charge in [0, 0.05) is 12.4 Å². The molecule has 2 N–H and O–H groups in total. The van der Waals surface area contributed by atoms with Gasteiger partial charge in [-0.2, -0.15) is 13.5 Å². The fraction of sp³-hybridized carbons (Fsp3) is 0.300. The standard InChI is InChI=1S/C20H23N3O6S/c1-23-18-10-15(8-9-16(18)11-21-23)19(24)17(13-29-30(2,26)27)22-20(25)28-12-14-6-4-3-5-7-14/h3-11,17,19,24H,12-13H2,1-2H3,(H,22,25). The van der Waals surface area contributed by atoms with Gasteiger partial charge < -0.3 is 15.2 Å². The fourth-order valence-corrected chi connectivity index (χ4v) is 3.30. The number of aromatic nitrogens is 2. The van der Waals surface area contributed by atoms with Crippen LogP contribution in [0.4, 0.5) is 4.79 Å². The summed E-state index contributed by atoms with van der Waals surface area (Å²) in [6.07, 6.45) is 0.540. The summed E-state index contributed by atoms with van der Waals surface area (Å²) in [4.78, 5) is 12.2. The predicted molar refractivity (Wildman–Crippen MR) is 110 cm³/mol. The van der Waals surface area contributed by atoms with E-state index in [1.54, 1.807) is 48.3 Å². The third-order valence-corrected chi connectivity index (χ3v) is 5.04. The molecule has 0 spiro atoms. The van der Waals surface area contributed by atoms with Crippen molar-refractivity contribution in [1.29, 1.82) is 0 Å². The molecule has 1 heterocycles. The zero-order valence-corrected chi connectivity index (χ0v) is 17.4. The molecule has 0 aliphatic rings. The Labute approximate surface area is 174 Å². The minimum atomic E-state index is -3.78. The number of hydrogen-bond acceptors (Lipinski definition) is 7. The molecule has 0 bridgehead atoms. The summed E-state index contributed by atoms with van der Waals surface area (Å²) >= 11 is 0. The molecule has 2 atom stereocenters. The lowest BCUT2D eigenvalue weighted by Gasteiger charge is -2.24. The number of rotatable bonds is 8. The van der Waals surface area contributed by atoms with E-state index in [0.717, 1.165) is 22.7 Å². The molecule has 0 aliphatic carbocycles. The Kier molecular flexibility index (Phi) is 6.70. The third kappa shape index (κ3) is 5.78. The van der Waals surface area contributed by atoms with Crippen LogP contribution >= 0.6 is 0 Å². The van der Waals surface area contributed by atoms with Gasteiger partial charge in [0.1, 0.15) is 12.7 Å². The van der Waals surface area contributed by atoms with Gasteiger partial charge in [-0.25, -0.2) is 4.79 Å². The molecule has 0 aliphatic heterocycles. The van der Waals surface area contributed by atoms with Gasteiger partial charge in [0.2, 0.25) is 0 Å². The van der Waals surface area contributed by atoms with Crippen LogP contribution in [-0.2, 0) is 32.7 Å². The number of hydrogen-bond donors (Lipinski definition) is 2. The molecular weight excluding hydrogens is 410 g/mol. The van der Waals surface area contributed by atoms with Gasteiger partial charge in [0.15, 0.2) is 0 Å². The second kappa shape index (κ2) is 9.24. The highest BCUT2D eigenvalue weighted by Crippen LogP contribution is 2.23. The first kappa shape index (κ1) is 21.8. The number of aryl methyl sites for hydroxylation is 1. The molecule has 9 nitrogen and oxygen atoms in total. The van der Waals surface area contributed by atoms with Gasteiger partial charge in [-0.3, -0.25) is 8.86 Å². The number of carbonyl (C=O) groups excluding carboxylic acids is 1. The largest absolute Gasteiger partial charge is 0.445 e. The third-order valence-electron chi connectivity index (χ3n) is 4.47. The van der Waals surface area contributed by atoms with Gasteiger partial charge in [-0.15, -0.1) is 0 Å². The van der Waals surface area contributed by atoms with Gasteiger partial charge in [0.05, 0.1) is 30.6 Å². The molecule has 0 saturated heterocycles. The van der Waals surface area contributed by atoms with Crippen molar-refractivity contribution in [1.82, 2.24) is 15.1 Å². The average molecular weight is 433 g/mol. The van der Waals surface area contributed by atoms with E-state index in [-0.39, 0.29) is 6.61 Å². The number of benzene rings is 2. The van der Waals surface area contributed by atoms with Crippen LogP contribution in [0.1, 0.15) is 17.2 Å². The number of carbonyl (C=O) groups is 1. The van der Waals surface area contributed by atoms with Crippen LogP contribution in [0.15, 0.2) is 54.7 Å². The average Bonchev–Trinajstić information content (AvgIpc) is 3.09. The molecule has 2 aromatic carbocycles. The Morgan fingerprint density at radius 1 is 1.23 bits per heavy atom.